The highest BCUT2D eigenvalue weighted by molar-refractivity contribution is 6.30. The first kappa shape index (κ1) is 14.7. The van der Waals surface area contributed by atoms with Crippen molar-refractivity contribution < 1.29 is 9.53 Å². The number of ether oxygens (including phenoxy) is 1. The Bertz CT molecular complexity index is 503. The topological polar surface area (TPSA) is 41.6 Å². The Morgan fingerprint density at radius 1 is 1.38 bits per heavy atom. The number of halogens is 1. The zero-order chi connectivity index (χ0) is 14.7. The van der Waals surface area contributed by atoms with Gasteiger partial charge in [-0.2, -0.15) is 0 Å². The van der Waals surface area contributed by atoms with Gasteiger partial charge in [0, 0.05) is 36.4 Å². The van der Waals surface area contributed by atoms with Crippen molar-refractivity contribution in [3.8, 4) is 0 Å². The van der Waals surface area contributed by atoms with Crippen molar-refractivity contribution in [2.45, 2.75) is 25.3 Å². The summed E-state index contributed by atoms with van der Waals surface area (Å²) in [6, 6.07) is 8.09. The Morgan fingerprint density at radius 3 is 3.05 bits per heavy atom. The van der Waals surface area contributed by atoms with Crippen LogP contribution in [0, 0.1) is 5.92 Å². The molecular formula is C16H21ClN2O2. The molecule has 0 bridgehead atoms. The molecule has 1 N–H and O–H groups in total. The summed E-state index contributed by atoms with van der Waals surface area (Å²) in [6.07, 6.45) is 2.90. The van der Waals surface area contributed by atoms with E-state index in [1.54, 1.807) is 0 Å². The molecule has 0 saturated carbocycles. The number of hydrogen-bond donors (Lipinski definition) is 1. The van der Waals surface area contributed by atoms with Gasteiger partial charge < -0.3 is 15.0 Å². The first-order chi connectivity index (χ1) is 10.2. The number of amides is 1. The fourth-order valence-corrected chi connectivity index (χ4v) is 3.24. The minimum absolute atomic E-state index is 0.0268. The second kappa shape index (κ2) is 6.67. The van der Waals surface area contributed by atoms with Crippen LogP contribution in [0.15, 0.2) is 24.3 Å². The molecule has 2 atom stereocenters. The number of anilines is 1. The molecule has 2 saturated heterocycles. The van der Waals surface area contributed by atoms with Gasteiger partial charge in [-0.25, -0.2) is 0 Å². The highest BCUT2D eigenvalue weighted by Gasteiger charge is 2.28. The van der Waals surface area contributed by atoms with Crippen molar-refractivity contribution in [1.29, 1.82) is 0 Å². The predicted molar refractivity (Wildman–Crippen MR) is 83.8 cm³/mol. The third-order valence-corrected chi connectivity index (χ3v) is 4.47. The maximum absolute atomic E-state index is 12.2. The molecule has 3 rings (SSSR count). The van der Waals surface area contributed by atoms with Gasteiger partial charge in [-0.15, -0.1) is 0 Å². The number of hydrogen-bond acceptors (Lipinski definition) is 3. The summed E-state index contributed by atoms with van der Waals surface area (Å²) in [5, 5.41) is 3.92. The van der Waals surface area contributed by atoms with Gasteiger partial charge in [0.1, 0.15) is 0 Å². The largest absolute Gasteiger partial charge is 0.381 e. The summed E-state index contributed by atoms with van der Waals surface area (Å²) < 4.78 is 5.39. The van der Waals surface area contributed by atoms with E-state index in [0.29, 0.717) is 6.61 Å². The van der Waals surface area contributed by atoms with E-state index in [-0.39, 0.29) is 17.9 Å². The second-order valence-electron chi connectivity index (χ2n) is 5.83. The fourth-order valence-electron chi connectivity index (χ4n) is 3.05. The van der Waals surface area contributed by atoms with Crippen molar-refractivity contribution in [2.75, 3.05) is 31.2 Å². The Hall–Kier alpha value is -1.26. The van der Waals surface area contributed by atoms with E-state index in [4.69, 9.17) is 16.3 Å². The number of rotatable bonds is 3. The molecule has 4 nitrogen and oxygen atoms in total. The predicted octanol–water partition coefficient (Wildman–Crippen LogP) is 2.46. The van der Waals surface area contributed by atoms with Gasteiger partial charge in [-0.1, -0.05) is 17.7 Å². The van der Waals surface area contributed by atoms with Crippen molar-refractivity contribution in [2.24, 2.45) is 5.92 Å². The van der Waals surface area contributed by atoms with E-state index < -0.39 is 0 Å². The molecule has 0 aliphatic carbocycles. The molecule has 114 valence electrons. The lowest BCUT2D eigenvalue weighted by atomic mass is 10.0. The maximum Gasteiger partial charge on any atom is 0.225 e. The Kier molecular flexibility index (Phi) is 4.66. The minimum atomic E-state index is 0.0268. The van der Waals surface area contributed by atoms with E-state index in [2.05, 4.69) is 16.3 Å². The van der Waals surface area contributed by atoms with Crippen LogP contribution in [0.25, 0.3) is 0 Å². The zero-order valence-corrected chi connectivity index (χ0v) is 12.8. The summed E-state index contributed by atoms with van der Waals surface area (Å²) in [5.74, 6) is 0.173. The van der Waals surface area contributed by atoms with Gasteiger partial charge >= 0.3 is 0 Å². The van der Waals surface area contributed by atoms with E-state index in [1.165, 1.54) is 0 Å². The monoisotopic (exact) mass is 308 g/mol. The molecule has 1 aromatic carbocycles. The Labute approximate surface area is 130 Å². The Morgan fingerprint density at radius 2 is 2.29 bits per heavy atom. The molecule has 0 radical (unpaired) electrons. The lowest BCUT2D eigenvalue weighted by Crippen LogP contribution is -2.42. The number of nitrogens with one attached hydrogen (secondary N) is 1. The molecule has 2 fully saturated rings. The summed E-state index contributed by atoms with van der Waals surface area (Å²) in [4.78, 5) is 14.5. The molecule has 2 unspecified atom stereocenters. The zero-order valence-electron chi connectivity index (χ0n) is 12.1. The molecule has 5 heteroatoms. The molecule has 1 aromatic rings. The number of carbonyl (C=O) groups is 1. The molecular weight excluding hydrogens is 288 g/mol. The van der Waals surface area contributed by atoms with E-state index >= 15 is 0 Å². The molecule has 2 aliphatic rings. The lowest BCUT2D eigenvalue weighted by Gasteiger charge is -2.24. The van der Waals surface area contributed by atoms with Gasteiger partial charge in [0.05, 0.1) is 12.5 Å². The SMILES string of the molecule is O=C(NC1CCN(c2cccc(Cl)c2)C1)C1CCCOC1. The average Bonchev–Trinajstić information content (AvgIpc) is 2.97. The fraction of sp³-hybridized carbons (Fsp3) is 0.562. The third-order valence-electron chi connectivity index (χ3n) is 4.24. The van der Waals surface area contributed by atoms with Crippen molar-refractivity contribution >= 4 is 23.2 Å². The minimum Gasteiger partial charge on any atom is -0.381 e. The number of nitrogens with zero attached hydrogens (tertiary/aromatic N) is 1. The van der Waals surface area contributed by atoms with Crippen molar-refractivity contribution in [3.63, 3.8) is 0 Å². The summed E-state index contributed by atoms with van der Waals surface area (Å²) in [7, 11) is 0. The van der Waals surface area contributed by atoms with Crippen LogP contribution >= 0.6 is 11.6 Å². The molecule has 21 heavy (non-hydrogen) atoms. The highest BCUT2D eigenvalue weighted by Crippen LogP contribution is 2.24. The van der Waals surface area contributed by atoms with E-state index in [9.17, 15) is 4.79 Å². The van der Waals surface area contributed by atoms with Crippen LogP contribution in [0.3, 0.4) is 0 Å². The maximum atomic E-state index is 12.2. The van der Waals surface area contributed by atoms with Crippen LogP contribution in [-0.4, -0.2) is 38.3 Å². The van der Waals surface area contributed by atoms with Crippen LogP contribution < -0.4 is 10.2 Å². The van der Waals surface area contributed by atoms with Crippen LogP contribution in [0.1, 0.15) is 19.3 Å². The first-order valence-corrected chi connectivity index (χ1v) is 7.99. The normalized spacial score (nSPS) is 25.9. The average molecular weight is 309 g/mol. The quantitative estimate of drug-likeness (QED) is 0.932. The van der Waals surface area contributed by atoms with Gasteiger partial charge in [-0.3, -0.25) is 4.79 Å². The molecule has 2 heterocycles. The van der Waals surface area contributed by atoms with Crippen LogP contribution in [0.2, 0.25) is 5.02 Å². The van der Waals surface area contributed by atoms with Crippen LogP contribution in [-0.2, 0) is 9.53 Å². The number of carbonyl (C=O) groups excluding carboxylic acids is 1. The van der Waals surface area contributed by atoms with Gasteiger partial charge in [0.15, 0.2) is 0 Å². The molecule has 0 spiro atoms. The summed E-state index contributed by atoms with van der Waals surface area (Å²) in [5.41, 5.74) is 1.13. The third kappa shape index (κ3) is 3.69. The molecule has 0 aromatic heterocycles. The second-order valence-corrected chi connectivity index (χ2v) is 6.27. The van der Waals surface area contributed by atoms with Crippen molar-refractivity contribution in [3.05, 3.63) is 29.3 Å². The van der Waals surface area contributed by atoms with Gasteiger partial charge in [-0.05, 0) is 37.5 Å². The smallest absolute Gasteiger partial charge is 0.225 e. The highest BCUT2D eigenvalue weighted by atomic mass is 35.5. The van der Waals surface area contributed by atoms with Crippen molar-refractivity contribution in [1.82, 2.24) is 5.32 Å². The van der Waals surface area contributed by atoms with Crippen LogP contribution in [0.4, 0.5) is 5.69 Å². The molecule has 2 aliphatic heterocycles. The van der Waals surface area contributed by atoms with E-state index in [0.717, 1.165) is 49.7 Å². The van der Waals surface area contributed by atoms with Gasteiger partial charge in [0.25, 0.3) is 0 Å². The van der Waals surface area contributed by atoms with E-state index in [1.807, 2.05) is 18.2 Å². The Balaban J connectivity index is 1.53. The summed E-state index contributed by atoms with van der Waals surface area (Å²) >= 11 is 6.04. The number of benzene rings is 1. The standard InChI is InChI=1S/C16H21ClN2O2/c17-13-4-1-5-15(9-13)19-7-6-14(10-19)18-16(20)12-3-2-8-21-11-12/h1,4-5,9,12,14H,2-3,6-8,10-11H2,(H,18,20). The van der Waals surface area contributed by atoms with Gasteiger partial charge in [0.2, 0.25) is 5.91 Å². The first-order valence-electron chi connectivity index (χ1n) is 7.61. The summed E-state index contributed by atoms with van der Waals surface area (Å²) in [6.45, 7) is 3.15. The molecule has 1 amide bonds. The lowest BCUT2D eigenvalue weighted by molar-refractivity contribution is -0.129. The van der Waals surface area contributed by atoms with Crippen LogP contribution in [0.5, 0.6) is 0 Å².